The Morgan fingerprint density at radius 2 is 2.14 bits per heavy atom. The van der Waals surface area contributed by atoms with E-state index < -0.39 is 5.66 Å². The van der Waals surface area contributed by atoms with Crippen molar-refractivity contribution in [3.05, 3.63) is 18.2 Å². The molecule has 2 amide bonds. The molecule has 1 aromatic rings. The summed E-state index contributed by atoms with van der Waals surface area (Å²) in [4.78, 5) is 31.7. The zero-order valence-electron chi connectivity index (χ0n) is 16.2. The molecule has 0 radical (unpaired) electrons. The lowest BCUT2D eigenvalue weighted by Crippen LogP contribution is -2.53. The number of carbonyl (C=O) groups excluding carboxylic acids is 2. The van der Waals surface area contributed by atoms with Gasteiger partial charge in [0, 0.05) is 57.6 Å². The van der Waals surface area contributed by atoms with Crippen LogP contribution in [0.15, 0.2) is 22.6 Å². The second-order valence-electron chi connectivity index (χ2n) is 7.97. The second-order valence-corrected chi connectivity index (χ2v) is 7.97. The molecule has 3 heterocycles. The van der Waals surface area contributed by atoms with Gasteiger partial charge < -0.3 is 14.8 Å². The van der Waals surface area contributed by atoms with Gasteiger partial charge in [-0.05, 0) is 19.3 Å². The number of rotatable bonds is 8. The molecule has 2 aliphatic heterocycles. The van der Waals surface area contributed by atoms with Crippen LogP contribution in [0.4, 0.5) is 0 Å². The highest BCUT2D eigenvalue weighted by molar-refractivity contribution is 5.80. The van der Waals surface area contributed by atoms with Crippen LogP contribution in [0.25, 0.3) is 0 Å². The SMILES string of the molecule is C#CCCC1(CCC(=O)N[C@H]2CCC(=O)N(C3CC3)[C@@H]2c2nccn2C)N=N1. The van der Waals surface area contributed by atoms with Crippen LogP contribution in [0.2, 0.25) is 0 Å². The van der Waals surface area contributed by atoms with Gasteiger partial charge in [-0.3, -0.25) is 9.59 Å². The number of aryl methyl sites for hydroxylation is 1. The van der Waals surface area contributed by atoms with Crippen molar-refractivity contribution in [2.45, 2.75) is 75.2 Å². The summed E-state index contributed by atoms with van der Waals surface area (Å²) in [6.07, 6.45) is 14.3. The highest BCUT2D eigenvalue weighted by Gasteiger charge is 2.46. The minimum absolute atomic E-state index is 0.0355. The molecule has 0 aromatic carbocycles. The van der Waals surface area contributed by atoms with E-state index in [-0.39, 0.29) is 29.9 Å². The molecule has 0 bridgehead atoms. The van der Waals surface area contributed by atoms with Crippen molar-refractivity contribution >= 4 is 11.8 Å². The highest BCUT2D eigenvalue weighted by Crippen LogP contribution is 2.40. The molecule has 8 heteroatoms. The van der Waals surface area contributed by atoms with Crippen molar-refractivity contribution in [3.63, 3.8) is 0 Å². The number of hydrogen-bond donors (Lipinski definition) is 1. The molecular weight excluding hydrogens is 356 g/mol. The summed E-state index contributed by atoms with van der Waals surface area (Å²) in [6.45, 7) is 0. The molecule has 28 heavy (non-hydrogen) atoms. The number of nitrogens with zero attached hydrogens (tertiary/aromatic N) is 5. The van der Waals surface area contributed by atoms with E-state index in [1.807, 2.05) is 22.7 Å². The molecule has 8 nitrogen and oxygen atoms in total. The average molecular weight is 382 g/mol. The molecule has 4 rings (SSSR count). The predicted molar refractivity (Wildman–Crippen MR) is 102 cm³/mol. The Balaban J connectivity index is 1.43. The highest BCUT2D eigenvalue weighted by atomic mass is 16.2. The molecule has 1 saturated carbocycles. The molecule has 2 fully saturated rings. The van der Waals surface area contributed by atoms with Crippen LogP contribution in [-0.4, -0.2) is 44.0 Å². The summed E-state index contributed by atoms with van der Waals surface area (Å²) in [5.74, 6) is 3.55. The third-order valence-corrected chi connectivity index (χ3v) is 5.85. The van der Waals surface area contributed by atoms with Gasteiger partial charge in [0.15, 0.2) is 5.66 Å². The minimum Gasteiger partial charge on any atom is -0.351 e. The summed E-state index contributed by atoms with van der Waals surface area (Å²) in [5, 5.41) is 11.4. The first-order chi connectivity index (χ1) is 13.5. The lowest BCUT2D eigenvalue weighted by atomic mass is 9.93. The third kappa shape index (κ3) is 3.79. The van der Waals surface area contributed by atoms with E-state index in [1.165, 1.54) is 0 Å². The van der Waals surface area contributed by atoms with E-state index in [9.17, 15) is 9.59 Å². The summed E-state index contributed by atoms with van der Waals surface area (Å²) in [5.41, 5.74) is -0.453. The molecule has 0 unspecified atom stereocenters. The predicted octanol–water partition coefficient (Wildman–Crippen LogP) is 2.09. The summed E-state index contributed by atoms with van der Waals surface area (Å²) < 4.78 is 1.94. The number of imidazole rings is 1. The number of terminal acetylenes is 1. The summed E-state index contributed by atoms with van der Waals surface area (Å²) >= 11 is 0. The van der Waals surface area contributed by atoms with E-state index in [0.29, 0.717) is 38.5 Å². The minimum atomic E-state index is -0.453. The first-order valence-electron chi connectivity index (χ1n) is 9.98. The number of aromatic nitrogens is 2. The fourth-order valence-electron chi connectivity index (χ4n) is 4.08. The Bertz CT molecular complexity index is 828. The Kier molecular flexibility index (Phi) is 4.92. The molecule has 148 valence electrons. The topological polar surface area (TPSA) is 92.0 Å². The van der Waals surface area contributed by atoms with E-state index in [1.54, 1.807) is 6.20 Å². The van der Waals surface area contributed by atoms with Crippen molar-refractivity contribution in [1.82, 2.24) is 19.8 Å². The van der Waals surface area contributed by atoms with Gasteiger partial charge in [-0.1, -0.05) is 0 Å². The number of nitrogens with one attached hydrogen (secondary N) is 1. The van der Waals surface area contributed by atoms with E-state index in [4.69, 9.17) is 6.42 Å². The number of likely N-dealkylation sites (tertiary alicyclic amines) is 1. The van der Waals surface area contributed by atoms with E-state index in [2.05, 4.69) is 26.4 Å². The maximum Gasteiger partial charge on any atom is 0.223 e. The van der Waals surface area contributed by atoms with Crippen LogP contribution < -0.4 is 5.32 Å². The largest absolute Gasteiger partial charge is 0.351 e. The Labute approximate surface area is 164 Å². The van der Waals surface area contributed by atoms with Crippen molar-refractivity contribution < 1.29 is 9.59 Å². The maximum absolute atomic E-state index is 12.7. The van der Waals surface area contributed by atoms with Gasteiger partial charge in [0.05, 0.1) is 6.04 Å². The van der Waals surface area contributed by atoms with E-state index in [0.717, 1.165) is 18.7 Å². The van der Waals surface area contributed by atoms with Crippen LogP contribution >= 0.6 is 0 Å². The van der Waals surface area contributed by atoms with Gasteiger partial charge in [0.25, 0.3) is 0 Å². The molecule has 1 N–H and O–H groups in total. The number of amides is 2. The lowest BCUT2D eigenvalue weighted by Gasteiger charge is -2.41. The van der Waals surface area contributed by atoms with Crippen LogP contribution in [0.5, 0.6) is 0 Å². The molecule has 1 saturated heterocycles. The maximum atomic E-state index is 12.7. The van der Waals surface area contributed by atoms with Gasteiger partial charge in [0.1, 0.15) is 11.9 Å². The van der Waals surface area contributed by atoms with Crippen LogP contribution in [0.3, 0.4) is 0 Å². The van der Waals surface area contributed by atoms with Crippen molar-refractivity contribution in [2.75, 3.05) is 0 Å². The van der Waals surface area contributed by atoms with E-state index >= 15 is 0 Å². The van der Waals surface area contributed by atoms with Crippen LogP contribution in [-0.2, 0) is 16.6 Å². The van der Waals surface area contributed by atoms with Crippen LogP contribution in [0, 0.1) is 12.3 Å². The first kappa shape index (κ1) is 18.7. The zero-order chi connectivity index (χ0) is 19.7. The number of carbonyl (C=O) groups is 2. The Morgan fingerprint density at radius 1 is 1.36 bits per heavy atom. The van der Waals surface area contributed by atoms with Gasteiger partial charge >= 0.3 is 0 Å². The standard InChI is InChI=1S/C20H26N6O2/c1-3-4-10-20(23-24-20)11-9-16(27)22-15-7-8-17(28)26(14-5-6-14)18(15)19-21-12-13-25(19)2/h1,12-15,18H,4-11H2,2H3,(H,22,27)/t15-,18-/m0/s1. The molecule has 1 aliphatic carbocycles. The molecule has 0 spiro atoms. The van der Waals surface area contributed by atoms with Crippen molar-refractivity contribution in [3.8, 4) is 12.3 Å². The number of hydrogen-bond acceptors (Lipinski definition) is 5. The van der Waals surface area contributed by atoms with Gasteiger partial charge in [-0.15, -0.1) is 12.3 Å². The van der Waals surface area contributed by atoms with Crippen LogP contribution in [0.1, 0.15) is 63.2 Å². The zero-order valence-corrected chi connectivity index (χ0v) is 16.2. The smallest absolute Gasteiger partial charge is 0.223 e. The average Bonchev–Trinajstić information content (AvgIpc) is 3.60. The second kappa shape index (κ2) is 7.38. The summed E-state index contributed by atoms with van der Waals surface area (Å²) in [6, 6.07) is -0.0879. The van der Waals surface area contributed by atoms with Crippen molar-refractivity contribution in [1.29, 1.82) is 0 Å². The fourth-order valence-corrected chi connectivity index (χ4v) is 4.08. The molecule has 1 aromatic heterocycles. The lowest BCUT2D eigenvalue weighted by molar-refractivity contribution is -0.140. The Morgan fingerprint density at radius 3 is 2.75 bits per heavy atom. The monoisotopic (exact) mass is 382 g/mol. The Hall–Kier alpha value is -2.69. The van der Waals surface area contributed by atoms with Crippen molar-refractivity contribution in [2.24, 2.45) is 17.3 Å². The first-order valence-corrected chi connectivity index (χ1v) is 9.98. The fraction of sp³-hybridized carbons (Fsp3) is 0.650. The summed E-state index contributed by atoms with van der Waals surface area (Å²) in [7, 11) is 1.93. The number of piperidine rings is 1. The molecular formula is C20H26N6O2. The quantitative estimate of drug-likeness (QED) is 0.698. The third-order valence-electron chi connectivity index (χ3n) is 5.85. The normalized spacial score (nSPS) is 25.4. The molecule has 3 aliphatic rings. The van der Waals surface area contributed by atoms with Gasteiger partial charge in [0.2, 0.25) is 11.8 Å². The molecule has 2 atom stereocenters. The van der Waals surface area contributed by atoms with Gasteiger partial charge in [-0.2, -0.15) is 10.2 Å². The van der Waals surface area contributed by atoms with Gasteiger partial charge in [-0.25, -0.2) is 4.98 Å².